The van der Waals surface area contributed by atoms with Crippen molar-refractivity contribution in [2.24, 2.45) is 4.99 Å². The fraction of sp³-hybridized carbons (Fsp3) is 0.219. The van der Waals surface area contributed by atoms with Crippen LogP contribution in [-0.2, 0) is 16.1 Å². The van der Waals surface area contributed by atoms with Gasteiger partial charge in [-0.3, -0.25) is 9.36 Å². The number of hydrogen-bond donors (Lipinski definition) is 0. The van der Waals surface area contributed by atoms with Crippen molar-refractivity contribution in [3.8, 4) is 11.5 Å². The van der Waals surface area contributed by atoms with Crippen LogP contribution in [0.3, 0.4) is 0 Å². The lowest BCUT2D eigenvalue weighted by Crippen LogP contribution is -2.39. The van der Waals surface area contributed by atoms with Crippen LogP contribution in [0.15, 0.2) is 93.9 Å². The molecular formula is C32H30N2O5S. The standard InChI is InChI=1S/C32H30N2O5S/c1-5-38-31(36)28-21(3)33-32-34(29(28)23-12-7-6-8-13-23)30(35)27(40-32)18-22-15-16-26(37-4)24(17-22)19-39-25-14-10-9-11-20(25)2/h6-18,29H,5,19H2,1-4H3. The molecule has 0 N–H and O–H groups in total. The number of thiazole rings is 1. The summed E-state index contributed by atoms with van der Waals surface area (Å²) in [6.07, 6.45) is 1.84. The van der Waals surface area contributed by atoms with Crippen LogP contribution in [0.1, 0.15) is 42.1 Å². The quantitative estimate of drug-likeness (QED) is 0.295. The summed E-state index contributed by atoms with van der Waals surface area (Å²) in [4.78, 5) is 32.0. The summed E-state index contributed by atoms with van der Waals surface area (Å²) in [7, 11) is 1.62. The fourth-order valence-electron chi connectivity index (χ4n) is 4.77. The molecule has 3 aromatic carbocycles. The second kappa shape index (κ2) is 11.8. The summed E-state index contributed by atoms with van der Waals surface area (Å²) in [5.74, 6) is 1.03. The Bertz CT molecular complexity index is 1770. The van der Waals surface area contributed by atoms with E-state index in [4.69, 9.17) is 14.2 Å². The summed E-state index contributed by atoms with van der Waals surface area (Å²) >= 11 is 1.29. The smallest absolute Gasteiger partial charge is 0.338 e. The summed E-state index contributed by atoms with van der Waals surface area (Å²) in [6, 6.07) is 22.4. The third-order valence-electron chi connectivity index (χ3n) is 6.71. The van der Waals surface area contributed by atoms with Gasteiger partial charge in [-0.15, -0.1) is 0 Å². The molecule has 40 heavy (non-hydrogen) atoms. The summed E-state index contributed by atoms with van der Waals surface area (Å²) < 4.78 is 19.1. The van der Waals surface area contributed by atoms with Crippen LogP contribution in [0, 0.1) is 6.92 Å². The van der Waals surface area contributed by atoms with Crippen molar-refractivity contribution in [3.63, 3.8) is 0 Å². The van der Waals surface area contributed by atoms with E-state index in [0.717, 1.165) is 28.0 Å². The van der Waals surface area contributed by atoms with Crippen LogP contribution in [0.5, 0.6) is 11.5 Å². The molecular weight excluding hydrogens is 524 g/mol. The molecule has 0 bridgehead atoms. The number of ether oxygens (including phenoxy) is 3. The van der Waals surface area contributed by atoms with Crippen molar-refractivity contribution in [2.45, 2.75) is 33.4 Å². The molecule has 0 saturated carbocycles. The van der Waals surface area contributed by atoms with Crippen LogP contribution in [0.25, 0.3) is 6.08 Å². The Balaban J connectivity index is 1.57. The van der Waals surface area contributed by atoms with Crippen LogP contribution in [-0.4, -0.2) is 24.3 Å². The largest absolute Gasteiger partial charge is 0.496 e. The fourth-order valence-corrected chi connectivity index (χ4v) is 5.82. The molecule has 1 aliphatic heterocycles. The molecule has 0 amide bonds. The number of carbonyl (C=O) groups excluding carboxylic acids is 1. The SMILES string of the molecule is CCOC(=O)C1=C(C)N=c2sc(=Cc3ccc(OC)c(COc4ccccc4C)c3)c(=O)n2C1c1ccccc1. The molecule has 1 atom stereocenters. The zero-order chi connectivity index (χ0) is 28.2. The minimum atomic E-state index is -0.632. The van der Waals surface area contributed by atoms with Crippen LogP contribution >= 0.6 is 11.3 Å². The Morgan fingerprint density at radius 2 is 1.77 bits per heavy atom. The highest BCUT2D eigenvalue weighted by Crippen LogP contribution is 2.30. The van der Waals surface area contributed by atoms with E-state index in [1.54, 1.807) is 25.5 Å². The highest BCUT2D eigenvalue weighted by molar-refractivity contribution is 7.07. The Morgan fingerprint density at radius 1 is 1.02 bits per heavy atom. The predicted octanol–water partition coefficient (Wildman–Crippen LogP) is 4.69. The van der Waals surface area contributed by atoms with Gasteiger partial charge in [-0.2, -0.15) is 0 Å². The van der Waals surface area contributed by atoms with E-state index in [2.05, 4.69) is 4.99 Å². The van der Waals surface area contributed by atoms with Gasteiger partial charge in [-0.25, -0.2) is 9.79 Å². The van der Waals surface area contributed by atoms with Crippen molar-refractivity contribution in [1.29, 1.82) is 0 Å². The first-order valence-corrected chi connectivity index (χ1v) is 13.8. The van der Waals surface area contributed by atoms with Gasteiger partial charge in [0.25, 0.3) is 5.56 Å². The maximum absolute atomic E-state index is 13.8. The highest BCUT2D eigenvalue weighted by Gasteiger charge is 2.33. The zero-order valence-electron chi connectivity index (χ0n) is 22.8. The number of carbonyl (C=O) groups is 1. The zero-order valence-corrected chi connectivity index (χ0v) is 23.7. The maximum atomic E-state index is 13.8. The number of benzene rings is 3. The number of methoxy groups -OCH3 is 1. The van der Waals surface area contributed by atoms with Crippen molar-refractivity contribution in [1.82, 2.24) is 4.57 Å². The van der Waals surface area contributed by atoms with Gasteiger partial charge in [0, 0.05) is 5.56 Å². The van der Waals surface area contributed by atoms with Crippen molar-refractivity contribution >= 4 is 23.4 Å². The van der Waals surface area contributed by atoms with Crippen molar-refractivity contribution in [3.05, 3.63) is 126 Å². The number of fused-ring (bicyclic) bond motifs is 1. The van der Waals surface area contributed by atoms with Crippen LogP contribution in [0.2, 0.25) is 0 Å². The summed E-state index contributed by atoms with van der Waals surface area (Å²) in [5, 5.41) is 0. The molecule has 204 valence electrons. The number of aryl methyl sites for hydroxylation is 1. The van der Waals surface area contributed by atoms with Gasteiger partial charge in [0.05, 0.1) is 35.6 Å². The molecule has 8 heteroatoms. The van der Waals surface area contributed by atoms with E-state index in [0.29, 0.717) is 33.0 Å². The lowest BCUT2D eigenvalue weighted by atomic mass is 9.96. The lowest BCUT2D eigenvalue weighted by molar-refractivity contribution is -0.139. The number of allylic oxidation sites excluding steroid dienone is 1. The molecule has 0 radical (unpaired) electrons. The number of para-hydroxylation sites is 1. The molecule has 0 fully saturated rings. The van der Waals surface area contributed by atoms with Gasteiger partial charge >= 0.3 is 5.97 Å². The predicted molar refractivity (Wildman–Crippen MR) is 155 cm³/mol. The average molecular weight is 555 g/mol. The van der Waals surface area contributed by atoms with Gasteiger partial charge in [0.1, 0.15) is 18.1 Å². The summed E-state index contributed by atoms with van der Waals surface area (Å²) in [5.41, 5.74) is 4.23. The van der Waals surface area contributed by atoms with E-state index in [1.807, 2.05) is 85.8 Å². The molecule has 4 aromatic rings. The van der Waals surface area contributed by atoms with Gasteiger partial charge in [0.2, 0.25) is 0 Å². The van der Waals surface area contributed by atoms with Gasteiger partial charge < -0.3 is 14.2 Å². The van der Waals surface area contributed by atoms with Crippen molar-refractivity contribution < 1.29 is 19.0 Å². The molecule has 0 spiro atoms. The number of aromatic nitrogens is 1. The monoisotopic (exact) mass is 554 g/mol. The first-order valence-electron chi connectivity index (χ1n) is 13.0. The van der Waals surface area contributed by atoms with Gasteiger partial charge in [-0.05, 0) is 61.7 Å². The van der Waals surface area contributed by atoms with E-state index >= 15 is 0 Å². The normalized spacial score (nSPS) is 14.9. The van der Waals surface area contributed by atoms with Crippen LogP contribution in [0.4, 0.5) is 0 Å². The van der Waals surface area contributed by atoms with Crippen molar-refractivity contribution in [2.75, 3.05) is 13.7 Å². The first kappa shape index (κ1) is 27.1. The minimum Gasteiger partial charge on any atom is -0.496 e. The third kappa shape index (κ3) is 5.35. The molecule has 2 heterocycles. The molecule has 1 aliphatic rings. The van der Waals surface area contributed by atoms with E-state index < -0.39 is 12.0 Å². The Morgan fingerprint density at radius 3 is 2.50 bits per heavy atom. The molecule has 0 saturated heterocycles. The minimum absolute atomic E-state index is 0.222. The van der Waals surface area contributed by atoms with Gasteiger partial charge in [-0.1, -0.05) is 65.9 Å². The highest BCUT2D eigenvalue weighted by atomic mass is 32.1. The third-order valence-corrected chi connectivity index (χ3v) is 7.69. The van der Waals surface area contributed by atoms with E-state index in [-0.39, 0.29) is 12.2 Å². The molecule has 0 aliphatic carbocycles. The maximum Gasteiger partial charge on any atom is 0.338 e. The lowest BCUT2D eigenvalue weighted by Gasteiger charge is -2.24. The molecule has 5 rings (SSSR count). The average Bonchev–Trinajstić information content (AvgIpc) is 3.26. The first-order chi connectivity index (χ1) is 19.4. The second-order valence-corrected chi connectivity index (χ2v) is 10.3. The molecule has 1 aromatic heterocycles. The second-order valence-electron chi connectivity index (χ2n) is 9.34. The Kier molecular flexibility index (Phi) is 7.98. The van der Waals surface area contributed by atoms with Gasteiger partial charge in [0.15, 0.2) is 4.80 Å². The number of rotatable bonds is 8. The van der Waals surface area contributed by atoms with Crippen LogP contribution < -0.4 is 24.4 Å². The summed E-state index contributed by atoms with van der Waals surface area (Å²) in [6.45, 7) is 6.08. The van der Waals surface area contributed by atoms with E-state index in [1.165, 1.54) is 11.3 Å². The number of hydrogen-bond acceptors (Lipinski definition) is 7. The van der Waals surface area contributed by atoms with E-state index in [9.17, 15) is 9.59 Å². The topological polar surface area (TPSA) is 79.1 Å². The Labute approximate surface area is 236 Å². The number of esters is 1. The molecule has 7 nitrogen and oxygen atoms in total. The molecule has 1 unspecified atom stereocenters. The Hall–Kier alpha value is -4.43. The number of nitrogens with zero attached hydrogens (tertiary/aromatic N) is 2.